The molecule has 0 fully saturated rings. The lowest BCUT2D eigenvalue weighted by Crippen LogP contribution is -1.96. The van der Waals surface area contributed by atoms with Gasteiger partial charge in [0.25, 0.3) is 0 Å². The van der Waals surface area contributed by atoms with Gasteiger partial charge in [0.2, 0.25) is 0 Å². The van der Waals surface area contributed by atoms with Crippen LogP contribution in [-0.4, -0.2) is 28.0 Å². The molecular formula is C12H9N3O2. The van der Waals surface area contributed by atoms with Crippen molar-refractivity contribution in [1.82, 2.24) is 14.6 Å². The van der Waals surface area contributed by atoms with E-state index in [1.807, 2.05) is 18.2 Å². The third-order valence-electron chi connectivity index (χ3n) is 2.73. The summed E-state index contributed by atoms with van der Waals surface area (Å²) >= 11 is 0. The van der Waals surface area contributed by atoms with E-state index in [2.05, 4.69) is 10.2 Å². The summed E-state index contributed by atoms with van der Waals surface area (Å²) in [7, 11) is 1.61. The molecule has 0 saturated carbocycles. The second-order valence-corrected chi connectivity index (χ2v) is 3.64. The van der Waals surface area contributed by atoms with Gasteiger partial charge in [-0.1, -0.05) is 12.1 Å². The largest absolute Gasteiger partial charge is 0.495 e. The van der Waals surface area contributed by atoms with Gasteiger partial charge in [-0.05, 0) is 12.1 Å². The first kappa shape index (κ1) is 9.77. The number of rotatable bonds is 2. The first-order valence-electron chi connectivity index (χ1n) is 5.10. The molecule has 5 heteroatoms. The van der Waals surface area contributed by atoms with Crippen LogP contribution in [0.5, 0.6) is 5.75 Å². The lowest BCUT2D eigenvalue weighted by atomic mass is 10.1. The number of carbonyl (C=O) groups is 1. The minimum Gasteiger partial charge on any atom is -0.495 e. The van der Waals surface area contributed by atoms with E-state index in [1.165, 1.54) is 0 Å². The highest BCUT2D eigenvalue weighted by Gasteiger charge is 2.10. The van der Waals surface area contributed by atoms with Gasteiger partial charge in [-0.3, -0.25) is 9.20 Å². The van der Waals surface area contributed by atoms with Gasteiger partial charge in [0.15, 0.2) is 11.9 Å². The van der Waals surface area contributed by atoms with E-state index in [9.17, 15) is 4.79 Å². The van der Waals surface area contributed by atoms with E-state index in [0.29, 0.717) is 11.2 Å². The van der Waals surface area contributed by atoms with Gasteiger partial charge in [0, 0.05) is 5.39 Å². The Hall–Kier alpha value is -2.43. The maximum Gasteiger partial charge on any atom is 0.171 e. The molecule has 84 valence electrons. The first-order valence-corrected chi connectivity index (χ1v) is 5.10. The molecule has 0 unspecified atom stereocenters. The van der Waals surface area contributed by atoms with Crippen molar-refractivity contribution in [3.05, 3.63) is 36.2 Å². The number of para-hydroxylation sites is 1. The van der Waals surface area contributed by atoms with Crippen molar-refractivity contribution < 1.29 is 9.53 Å². The van der Waals surface area contributed by atoms with Crippen molar-refractivity contribution in [1.29, 1.82) is 0 Å². The summed E-state index contributed by atoms with van der Waals surface area (Å²) in [5.41, 5.74) is 1.92. The molecule has 0 bridgehead atoms. The highest BCUT2D eigenvalue weighted by atomic mass is 16.5. The predicted octanol–water partition coefficient (Wildman–Crippen LogP) is 1.70. The van der Waals surface area contributed by atoms with Crippen molar-refractivity contribution in [2.45, 2.75) is 0 Å². The Kier molecular flexibility index (Phi) is 2.04. The summed E-state index contributed by atoms with van der Waals surface area (Å²) in [5.74, 6) is 0.727. The molecule has 17 heavy (non-hydrogen) atoms. The van der Waals surface area contributed by atoms with E-state index in [-0.39, 0.29) is 0 Å². The monoisotopic (exact) mass is 227 g/mol. The third-order valence-corrected chi connectivity index (χ3v) is 2.73. The zero-order chi connectivity index (χ0) is 11.8. The van der Waals surface area contributed by atoms with Gasteiger partial charge in [0.1, 0.15) is 12.1 Å². The van der Waals surface area contributed by atoms with Gasteiger partial charge >= 0.3 is 0 Å². The van der Waals surface area contributed by atoms with Crippen LogP contribution in [0.3, 0.4) is 0 Å². The predicted molar refractivity (Wildman–Crippen MR) is 62.4 cm³/mol. The zero-order valence-electron chi connectivity index (χ0n) is 9.12. The minimum absolute atomic E-state index is 0.517. The Labute approximate surface area is 96.6 Å². The second kappa shape index (κ2) is 3.55. The molecule has 0 aliphatic heterocycles. The summed E-state index contributed by atoms with van der Waals surface area (Å²) in [6.07, 6.45) is 2.36. The Morgan fingerprint density at radius 3 is 3.06 bits per heavy atom. The molecule has 3 rings (SSSR count). The van der Waals surface area contributed by atoms with Gasteiger partial charge < -0.3 is 4.74 Å². The molecule has 0 N–H and O–H groups in total. The quantitative estimate of drug-likeness (QED) is 0.625. The number of hydrogen-bond donors (Lipinski definition) is 0. The number of carbonyl (C=O) groups excluding carboxylic acids is 1. The van der Waals surface area contributed by atoms with Crippen molar-refractivity contribution in [2.75, 3.05) is 7.11 Å². The Morgan fingerprint density at radius 1 is 1.41 bits per heavy atom. The zero-order valence-corrected chi connectivity index (χ0v) is 9.12. The summed E-state index contributed by atoms with van der Waals surface area (Å²) in [6, 6.07) is 7.45. The van der Waals surface area contributed by atoms with E-state index < -0.39 is 0 Å². The molecular weight excluding hydrogens is 218 g/mol. The van der Waals surface area contributed by atoms with Gasteiger partial charge in [-0.15, -0.1) is 10.2 Å². The summed E-state index contributed by atoms with van der Waals surface area (Å²) in [6.45, 7) is 0. The average Bonchev–Trinajstić information content (AvgIpc) is 2.86. The Bertz CT molecular complexity index is 718. The lowest BCUT2D eigenvalue weighted by Gasteiger charge is -2.08. The van der Waals surface area contributed by atoms with Crippen LogP contribution < -0.4 is 4.74 Å². The van der Waals surface area contributed by atoms with Crippen LogP contribution in [0.15, 0.2) is 30.6 Å². The number of fused-ring (bicyclic) bond motifs is 3. The smallest absolute Gasteiger partial charge is 0.171 e. The summed E-state index contributed by atoms with van der Waals surface area (Å²) in [4.78, 5) is 11.0. The maximum atomic E-state index is 11.0. The summed E-state index contributed by atoms with van der Waals surface area (Å²) in [5, 5.41) is 8.69. The van der Waals surface area contributed by atoms with E-state index >= 15 is 0 Å². The van der Waals surface area contributed by atoms with Crippen LogP contribution in [0.4, 0.5) is 0 Å². The Balaban J connectivity index is 2.59. The van der Waals surface area contributed by atoms with Gasteiger partial charge in [-0.25, -0.2) is 0 Å². The molecule has 0 spiro atoms. The van der Waals surface area contributed by atoms with Gasteiger partial charge in [0.05, 0.1) is 18.2 Å². The van der Waals surface area contributed by atoms with E-state index in [4.69, 9.17) is 4.74 Å². The SMILES string of the molecule is COc1cccc2cc(C=O)c3nncn3c12. The van der Waals surface area contributed by atoms with Gasteiger partial charge in [-0.2, -0.15) is 0 Å². The first-order chi connectivity index (χ1) is 8.35. The topological polar surface area (TPSA) is 56.5 Å². The molecule has 0 amide bonds. The normalized spacial score (nSPS) is 10.9. The van der Waals surface area contributed by atoms with Crippen molar-refractivity contribution in [3.63, 3.8) is 0 Å². The molecule has 3 aromatic rings. The standard InChI is InChI=1S/C12H9N3O2/c1-17-10-4-2-3-8-5-9(6-16)12-14-13-7-15(12)11(8)10/h2-7H,1H3. The van der Waals surface area contributed by atoms with Crippen molar-refractivity contribution in [3.8, 4) is 5.75 Å². The van der Waals surface area contributed by atoms with Crippen LogP contribution in [0.2, 0.25) is 0 Å². The lowest BCUT2D eigenvalue weighted by molar-refractivity contribution is 0.112. The molecule has 0 atom stereocenters. The molecule has 0 saturated heterocycles. The highest BCUT2D eigenvalue weighted by Crippen LogP contribution is 2.27. The number of benzene rings is 1. The van der Waals surface area contributed by atoms with Crippen LogP contribution in [0, 0.1) is 0 Å². The number of aldehydes is 1. The minimum atomic E-state index is 0.517. The number of hydrogen-bond acceptors (Lipinski definition) is 4. The fraction of sp³-hybridized carbons (Fsp3) is 0.0833. The average molecular weight is 227 g/mol. The number of pyridine rings is 1. The fourth-order valence-electron chi connectivity index (χ4n) is 1.99. The third kappa shape index (κ3) is 1.29. The molecule has 0 aliphatic carbocycles. The molecule has 5 nitrogen and oxygen atoms in total. The van der Waals surface area contributed by atoms with E-state index in [1.54, 1.807) is 23.9 Å². The molecule has 2 aromatic heterocycles. The molecule has 1 aromatic carbocycles. The van der Waals surface area contributed by atoms with Crippen LogP contribution in [0.1, 0.15) is 10.4 Å². The summed E-state index contributed by atoms with van der Waals surface area (Å²) < 4.78 is 7.08. The van der Waals surface area contributed by atoms with Crippen molar-refractivity contribution in [2.24, 2.45) is 0 Å². The number of ether oxygens (including phenoxy) is 1. The molecule has 0 aliphatic rings. The number of nitrogens with zero attached hydrogens (tertiary/aromatic N) is 3. The van der Waals surface area contributed by atoms with Crippen LogP contribution >= 0.6 is 0 Å². The van der Waals surface area contributed by atoms with Crippen molar-refractivity contribution >= 4 is 22.8 Å². The maximum absolute atomic E-state index is 11.0. The Morgan fingerprint density at radius 2 is 2.29 bits per heavy atom. The van der Waals surface area contributed by atoms with Crippen LogP contribution in [0.25, 0.3) is 16.6 Å². The number of methoxy groups -OCH3 is 1. The second-order valence-electron chi connectivity index (χ2n) is 3.64. The highest BCUT2D eigenvalue weighted by molar-refractivity contribution is 5.95. The van der Waals surface area contributed by atoms with Crippen LogP contribution in [-0.2, 0) is 0 Å². The number of aromatic nitrogens is 3. The molecule has 0 radical (unpaired) electrons. The fourth-order valence-corrected chi connectivity index (χ4v) is 1.99. The van der Waals surface area contributed by atoms with E-state index in [0.717, 1.165) is 22.9 Å². The molecule has 2 heterocycles.